The average Bonchev–Trinajstić information content (AvgIpc) is 2.52. The number of halogens is 1. The molecule has 0 fully saturated rings. The fourth-order valence-corrected chi connectivity index (χ4v) is 2.53. The molecule has 1 N–H and O–H groups in total. The molecule has 4 heteroatoms. The van der Waals surface area contributed by atoms with Crippen LogP contribution < -0.4 is 5.32 Å². The molecule has 0 saturated carbocycles. The van der Waals surface area contributed by atoms with Gasteiger partial charge in [0.25, 0.3) is 0 Å². The number of aromatic nitrogens is 1. The molecule has 1 unspecified atom stereocenters. The molecular weight excluding hydrogens is 282 g/mol. The molecule has 3 nitrogen and oxygen atoms in total. The summed E-state index contributed by atoms with van der Waals surface area (Å²) in [5.74, 6) is 0. The Morgan fingerprint density at radius 1 is 1.29 bits per heavy atom. The smallest absolute Gasteiger partial charge is 0.101 e. The van der Waals surface area contributed by atoms with E-state index in [2.05, 4.69) is 30.2 Å². The number of rotatable bonds is 5. The molecule has 0 radical (unpaired) electrons. The first kappa shape index (κ1) is 15.5. The molecule has 0 aliphatic heterocycles. The van der Waals surface area contributed by atoms with Crippen molar-refractivity contribution in [2.45, 2.75) is 26.3 Å². The predicted octanol–water partition coefficient (Wildman–Crippen LogP) is 4.33. The molecule has 0 bridgehead atoms. The van der Waals surface area contributed by atoms with Crippen LogP contribution in [0.4, 0.5) is 0 Å². The first-order valence-electron chi connectivity index (χ1n) is 7.04. The van der Waals surface area contributed by atoms with E-state index in [1.807, 2.05) is 24.3 Å². The van der Waals surface area contributed by atoms with E-state index >= 15 is 0 Å². The van der Waals surface area contributed by atoms with E-state index in [0.29, 0.717) is 5.56 Å². The van der Waals surface area contributed by atoms with Gasteiger partial charge >= 0.3 is 0 Å². The van der Waals surface area contributed by atoms with Gasteiger partial charge in [-0.25, -0.2) is 0 Å². The molecule has 1 aromatic heterocycles. The van der Waals surface area contributed by atoms with Crippen molar-refractivity contribution in [3.8, 4) is 17.2 Å². The quantitative estimate of drug-likeness (QED) is 0.893. The van der Waals surface area contributed by atoms with E-state index in [4.69, 9.17) is 16.9 Å². The average molecular weight is 300 g/mol. The Hall–Kier alpha value is -1.89. The van der Waals surface area contributed by atoms with Gasteiger partial charge in [-0.15, -0.1) is 0 Å². The van der Waals surface area contributed by atoms with Crippen LogP contribution in [0.5, 0.6) is 0 Å². The lowest BCUT2D eigenvalue weighted by Crippen LogP contribution is -2.19. The summed E-state index contributed by atoms with van der Waals surface area (Å²) in [6.07, 6.45) is 4.38. The molecule has 2 rings (SSSR count). The van der Waals surface area contributed by atoms with Crippen LogP contribution in [0.1, 0.15) is 37.4 Å². The van der Waals surface area contributed by atoms with Gasteiger partial charge in [0.15, 0.2) is 0 Å². The number of nitrogens with zero attached hydrogens (tertiary/aromatic N) is 2. The molecule has 0 saturated heterocycles. The second kappa shape index (κ2) is 7.21. The van der Waals surface area contributed by atoms with Crippen LogP contribution >= 0.6 is 11.6 Å². The van der Waals surface area contributed by atoms with Crippen LogP contribution in [0.3, 0.4) is 0 Å². The molecule has 0 aliphatic rings. The third kappa shape index (κ3) is 3.81. The fourth-order valence-electron chi connectivity index (χ4n) is 2.19. The number of hydrogen-bond donors (Lipinski definition) is 1. The van der Waals surface area contributed by atoms with Crippen molar-refractivity contribution >= 4 is 11.6 Å². The van der Waals surface area contributed by atoms with Crippen molar-refractivity contribution in [1.29, 1.82) is 5.26 Å². The zero-order chi connectivity index (χ0) is 15.2. The van der Waals surface area contributed by atoms with Gasteiger partial charge in [0.1, 0.15) is 6.07 Å². The normalized spacial score (nSPS) is 11.9. The molecule has 2 aromatic rings. The van der Waals surface area contributed by atoms with E-state index in [1.54, 1.807) is 12.4 Å². The van der Waals surface area contributed by atoms with E-state index in [-0.39, 0.29) is 6.04 Å². The van der Waals surface area contributed by atoms with Crippen molar-refractivity contribution in [2.75, 3.05) is 6.54 Å². The summed E-state index contributed by atoms with van der Waals surface area (Å²) in [6.45, 7) is 5.21. The first-order chi connectivity index (χ1) is 10.2. The maximum Gasteiger partial charge on any atom is 0.101 e. The van der Waals surface area contributed by atoms with Gasteiger partial charge in [-0.3, -0.25) is 4.98 Å². The van der Waals surface area contributed by atoms with Crippen LogP contribution in [0.2, 0.25) is 5.02 Å². The summed E-state index contributed by atoms with van der Waals surface area (Å²) >= 11 is 6.40. The van der Waals surface area contributed by atoms with Crippen molar-refractivity contribution in [3.63, 3.8) is 0 Å². The van der Waals surface area contributed by atoms with Gasteiger partial charge in [0.2, 0.25) is 0 Å². The zero-order valence-electron chi connectivity index (χ0n) is 12.2. The number of hydrogen-bond acceptors (Lipinski definition) is 3. The van der Waals surface area contributed by atoms with Crippen LogP contribution in [-0.2, 0) is 0 Å². The zero-order valence-corrected chi connectivity index (χ0v) is 13.0. The highest BCUT2D eigenvalue weighted by Gasteiger charge is 2.10. The Morgan fingerprint density at radius 2 is 2.10 bits per heavy atom. The number of pyridine rings is 1. The number of nitrogens with one attached hydrogen (secondary N) is 1. The Labute approximate surface area is 130 Å². The minimum absolute atomic E-state index is 0.218. The van der Waals surface area contributed by atoms with E-state index in [9.17, 15) is 0 Å². The minimum atomic E-state index is 0.218. The minimum Gasteiger partial charge on any atom is -0.310 e. The van der Waals surface area contributed by atoms with Crippen LogP contribution in [0.15, 0.2) is 36.7 Å². The highest BCUT2D eigenvalue weighted by atomic mass is 35.5. The maximum atomic E-state index is 8.94. The first-order valence-corrected chi connectivity index (χ1v) is 7.42. The summed E-state index contributed by atoms with van der Waals surface area (Å²) in [4.78, 5) is 4.08. The largest absolute Gasteiger partial charge is 0.310 e. The summed E-state index contributed by atoms with van der Waals surface area (Å²) in [5.41, 5.74) is 3.50. The molecule has 0 amide bonds. The summed E-state index contributed by atoms with van der Waals surface area (Å²) in [7, 11) is 0. The summed E-state index contributed by atoms with van der Waals surface area (Å²) in [5, 5.41) is 13.1. The van der Waals surface area contributed by atoms with Gasteiger partial charge < -0.3 is 5.32 Å². The number of benzene rings is 1. The van der Waals surface area contributed by atoms with E-state index in [1.165, 1.54) is 0 Å². The van der Waals surface area contributed by atoms with Gasteiger partial charge in [0.05, 0.1) is 5.56 Å². The Bertz CT molecular complexity index is 661. The highest BCUT2D eigenvalue weighted by molar-refractivity contribution is 6.31. The highest BCUT2D eigenvalue weighted by Crippen LogP contribution is 2.29. The predicted molar refractivity (Wildman–Crippen MR) is 86.1 cm³/mol. The Kier molecular flexibility index (Phi) is 5.32. The Morgan fingerprint density at radius 3 is 2.76 bits per heavy atom. The van der Waals surface area contributed by atoms with Gasteiger partial charge in [-0.2, -0.15) is 5.26 Å². The van der Waals surface area contributed by atoms with Crippen LogP contribution in [0, 0.1) is 11.3 Å². The monoisotopic (exact) mass is 299 g/mol. The lowest BCUT2D eigenvalue weighted by molar-refractivity contribution is 0.571. The molecular formula is C17H18ClN3. The number of nitriles is 1. The lowest BCUT2D eigenvalue weighted by atomic mass is 10.0. The molecule has 1 atom stereocenters. The third-order valence-corrected chi connectivity index (χ3v) is 3.70. The Balaban J connectivity index is 2.28. The molecule has 1 heterocycles. The van der Waals surface area contributed by atoms with Crippen LogP contribution in [0.25, 0.3) is 11.1 Å². The van der Waals surface area contributed by atoms with E-state index < -0.39 is 0 Å². The van der Waals surface area contributed by atoms with Crippen molar-refractivity contribution in [1.82, 2.24) is 10.3 Å². The fraction of sp³-hybridized carbons (Fsp3) is 0.294. The molecule has 21 heavy (non-hydrogen) atoms. The molecule has 0 spiro atoms. The van der Waals surface area contributed by atoms with Gasteiger partial charge in [-0.05, 0) is 43.1 Å². The maximum absolute atomic E-state index is 8.94. The topological polar surface area (TPSA) is 48.7 Å². The molecule has 108 valence electrons. The lowest BCUT2D eigenvalue weighted by Gasteiger charge is -2.16. The second-order valence-corrected chi connectivity index (χ2v) is 5.39. The second-order valence-electron chi connectivity index (χ2n) is 4.99. The van der Waals surface area contributed by atoms with Crippen molar-refractivity contribution in [3.05, 3.63) is 52.8 Å². The molecule has 1 aromatic carbocycles. The third-order valence-electron chi connectivity index (χ3n) is 3.37. The standard InChI is InChI=1S/C17H18ClN3/c1-3-6-21-12(2)16-5-4-14(8-17(16)18)15-7-13(9-19)10-20-11-15/h4-5,7-8,10-12,21H,3,6H2,1-2H3. The molecule has 0 aliphatic carbocycles. The summed E-state index contributed by atoms with van der Waals surface area (Å²) < 4.78 is 0. The van der Waals surface area contributed by atoms with E-state index in [0.717, 1.165) is 34.7 Å². The van der Waals surface area contributed by atoms with Crippen LogP contribution in [-0.4, -0.2) is 11.5 Å². The summed E-state index contributed by atoms with van der Waals surface area (Å²) in [6, 6.07) is 10.1. The van der Waals surface area contributed by atoms with Crippen molar-refractivity contribution in [2.24, 2.45) is 0 Å². The van der Waals surface area contributed by atoms with Gasteiger partial charge in [0, 0.05) is 29.0 Å². The SMILES string of the molecule is CCCNC(C)c1ccc(-c2cncc(C#N)c2)cc1Cl. The van der Waals surface area contributed by atoms with Crippen molar-refractivity contribution < 1.29 is 0 Å². The van der Waals surface area contributed by atoms with Gasteiger partial charge in [-0.1, -0.05) is 30.7 Å².